The van der Waals surface area contributed by atoms with Crippen LogP contribution < -0.4 is 4.74 Å². The first kappa shape index (κ1) is 25.1. The van der Waals surface area contributed by atoms with Gasteiger partial charge >= 0.3 is 12.1 Å². The van der Waals surface area contributed by atoms with Crippen molar-refractivity contribution in [1.82, 2.24) is 14.4 Å². The maximum Gasteiger partial charge on any atom is 0.490 e. The minimum atomic E-state index is -5.08. The van der Waals surface area contributed by atoms with Crippen molar-refractivity contribution < 1.29 is 45.1 Å². The van der Waals surface area contributed by atoms with Gasteiger partial charge in [0.2, 0.25) is 10.0 Å². The first-order valence-electron chi connectivity index (χ1n) is 9.53. The lowest BCUT2D eigenvalue weighted by Gasteiger charge is -2.25. The highest BCUT2D eigenvalue weighted by Crippen LogP contribution is 2.28. The summed E-state index contributed by atoms with van der Waals surface area (Å²) in [6.45, 7) is 0.546. The van der Waals surface area contributed by atoms with E-state index in [2.05, 4.69) is 10.1 Å². The summed E-state index contributed by atoms with van der Waals surface area (Å²) >= 11 is 0. The van der Waals surface area contributed by atoms with E-state index in [1.807, 2.05) is 0 Å². The molecule has 0 radical (unpaired) electrons. The van der Waals surface area contributed by atoms with Gasteiger partial charge in [-0.25, -0.2) is 17.6 Å². The van der Waals surface area contributed by atoms with Crippen molar-refractivity contribution in [3.8, 4) is 5.75 Å². The molecular weight excluding hydrogens is 486 g/mol. The average molecular weight is 503 g/mol. The third kappa shape index (κ3) is 6.08. The number of fused-ring (bicyclic) bond motifs is 1. The highest BCUT2D eigenvalue weighted by atomic mass is 32.2. The molecule has 4 rings (SSSR count). The molecular formula is C20H17F4N3O6S. The normalized spacial score (nSPS) is 14.0. The van der Waals surface area contributed by atoms with Crippen LogP contribution in [0.2, 0.25) is 0 Å². The Kier molecular flexibility index (Phi) is 7.51. The van der Waals surface area contributed by atoms with E-state index in [-0.39, 0.29) is 24.6 Å². The van der Waals surface area contributed by atoms with Crippen LogP contribution in [0.1, 0.15) is 17.0 Å². The third-order valence-corrected chi connectivity index (χ3v) is 6.44. The molecule has 0 saturated heterocycles. The standard InChI is InChI=1S/C18H16FN3O4S.C2HF3O2/c19-13-3-5-15(6-4-13)27(23,24)22-9-7-18-16(11-22)17(21-26-18)12-25-14-2-1-8-20-10-14;3-2(4,5)1(6)7/h1-6,8,10H,7,9,11-12H2;(H,6,7). The Bertz CT molecular complexity index is 1230. The van der Waals surface area contributed by atoms with Crippen LogP contribution in [-0.4, -0.2) is 46.7 Å². The lowest BCUT2D eigenvalue weighted by Crippen LogP contribution is -2.36. The number of carboxylic acids is 1. The minimum Gasteiger partial charge on any atom is -0.486 e. The number of rotatable bonds is 5. The molecule has 0 amide bonds. The van der Waals surface area contributed by atoms with Crippen molar-refractivity contribution in [2.45, 2.75) is 30.6 Å². The van der Waals surface area contributed by atoms with Crippen molar-refractivity contribution in [2.24, 2.45) is 0 Å². The highest BCUT2D eigenvalue weighted by molar-refractivity contribution is 7.89. The number of carboxylic acid groups (broad SMARTS) is 1. The Morgan fingerprint density at radius 3 is 2.47 bits per heavy atom. The number of hydrogen-bond acceptors (Lipinski definition) is 7. The summed E-state index contributed by atoms with van der Waals surface area (Å²) in [5.74, 6) is -2.00. The molecule has 9 nitrogen and oxygen atoms in total. The van der Waals surface area contributed by atoms with Gasteiger partial charge in [0.25, 0.3) is 0 Å². The zero-order valence-electron chi connectivity index (χ0n) is 17.2. The van der Waals surface area contributed by atoms with Gasteiger partial charge in [-0.05, 0) is 36.4 Å². The fraction of sp³-hybridized carbons (Fsp3) is 0.250. The van der Waals surface area contributed by atoms with E-state index < -0.39 is 28.0 Å². The molecule has 3 aromatic rings. The molecule has 0 atom stereocenters. The lowest BCUT2D eigenvalue weighted by atomic mass is 10.1. The Morgan fingerprint density at radius 1 is 1.21 bits per heavy atom. The van der Waals surface area contributed by atoms with E-state index in [0.29, 0.717) is 29.2 Å². The fourth-order valence-corrected chi connectivity index (χ4v) is 4.31. The predicted octanol–water partition coefficient (Wildman–Crippen LogP) is 3.17. The number of aliphatic carboxylic acids is 1. The Labute approximate surface area is 190 Å². The first-order valence-corrected chi connectivity index (χ1v) is 11.0. The van der Waals surface area contributed by atoms with Crippen LogP contribution in [0.5, 0.6) is 5.75 Å². The summed E-state index contributed by atoms with van der Waals surface area (Å²) in [6.07, 6.45) is -1.45. The number of halogens is 4. The number of pyridine rings is 1. The molecule has 1 aromatic carbocycles. The van der Waals surface area contributed by atoms with Gasteiger partial charge in [-0.3, -0.25) is 4.98 Å². The summed E-state index contributed by atoms with van der Waals surface area (Å²) in [4.78, 5) is 12.9. The van der Waals surface area contributed by atoms with Gasteiger partial charge in [0.15, 0.2) is 0 Å². The van der Waals surface area contributed by atoms with Gasteiger partial charge in [0.1, 0.15) is 29.6 Å². The zero-order valence-corrected chi connectivity index (χ0v) is 18.0. The summed E-state index contributed by atoms with van der Waals surface area (Å²) in [5, 5.41) is 11.1. The average Bonchev–Trinajstić information content (AvgIpc) is 3.21. The second-order valence-corrected chi connectivity index (χ2v) is 8.79. The molecule has 3 heterocycles. The van der Waals surface area contributed by atoms with Gasteiger partial charge in [-0.15, -0.1) is 0 Å². The number of alkyl halides is 3. The van der Waals surface area contributed by atoms with Crippen LogP contribution in [0.25, 0.3) is 0 Å². The number of hydrogen-bond donors (Lipinski definition) is 1. The Morgan fingerprint density at radius 2 is 1.88 bits per heavy atom. The SMILES string of the molecule is O=C(O)C(F)(F)F.O=S(=O)(c1ccc(F)cc1)N1CCc2onc(COc3cccnc3)c2C1. The molecule has 0 fully saturated rings. The van der Waals surface area contributed by atoms with Crippen LogP contribution in [0, 0.1) is 5.82 Å². The van der Waals surface area contributed by atoms with Gasteiger partial charge in [-0.1, -0.05) is 5.16 Å². The van der Waals surface area contributed by atoms with Crippen LogP contribution in [-0.2, 0) is 34.4 Å². The van der Waals surface area contributed by atoms with Crippen molar-refractivity contribution in [3.63, 3.8) is 0 Å². The first-order chi connectivity index (χ1) is 16.0. The Hall–Kier alpha value is -3.52. The number of carbonyl (C=O) groups is 1. The largest absolute Gasteiger partial charge is 0.490 e. The van der Waals surface area contributed by atoms with Gasteiger partial charge in [-0.2, -0.15) is 17.5 Å². The van der Waals surface area contributed by atoms with Crippen molar-refractivity contribution in [2.75, 3.05) is 6.54 Å². The van der Waals surface area contributed by atoms with Crippen LogP contribution in [0.15, 0.2) is 58.2 Å². The summed E-state index contributed by atoms with van der Waals surface area (Å²) in [7, 11) is -3.74. The molecule has 0 aliphatic carbocycles. The number of nitrogens with zero attached hydrogens (tertiary/aromatic N) is 3. The topological polar surface area (TPSA) is 123 Å². The minimum absolute atomic E-state index is 0.0527. The van der Waals surface area contributed by atoms with E-state index in [9.17, 15) is 26.0 Å². The van der Waals surface area contributed by atoms with E-state index >= 15 is 0 Å². The summed E-state index contributed by atoms with van der Waals surface area (Å²) < 4.78 is 82.8. The molecule has 34 heavy (non-hydrogen) atoms. The molecule has 2 aromatic heterocycles. The smallest absolute Gasteiger partial charge is 0.486 e. The van der Waals surface area contributed by atoms with Crippen LogP contribution in [0.4, 0.5) is 17.6 Å². The molecule has 0 saturated carbocycles. The predicted molar refractivity (Wildman–Crippen MR) is 106 cm³/mol. The molecule has 1 aliphatic rings. The molecule has 0 bridgehead atoms. The van der Waals surface area contributed by atoms with Crippen LogP contribution >= 0.6 is 0 Å². The van der Waals surface area contributed by atoms with E-state index in [1.54, 1.807) is 24.5 Å². The van der Waals surface area contributed by atoms with Crippen LogP contribution in [0.3, 0.4) is 0 Å². The number of sulfonamides is 1. The van der Waals surface area contributed by atoms with E-state index in [1.165, 1.54) is 16.4 Å². The van der Waals surface area contributed by atoms with Crippen molar-refractivity contribution in [1.29, 1.82) is 0 Å². The molecule has 1 N–H and O–H groups in total. The van der Waals surface area contributed by atoms with Gasteiger partial charge in [0.05, 0.1) is 11.1 Å². The van der Waals surface area contributed by atoms with E-state index in [0.717, 1.165) is 12.1 Å². The second kappa shape index (κ2) is 10.2. The summed E-state index contributed by atoms with van der Waals surface area (Å²) in [5.41, 5.74) is 1.25. The second-order valence-electron chi connectivity index (χ2n) is 6.85. The third-order valence-electron chi connectivity index (χ3n) is 4.58. The Balaban J connectivity index is 0.000000406. The fourth-order valence-electron chi connectivity index (χ4n) is 2.90. The molecule has 1 aliphatic heterocycles. The molecule has 14 heteroatoms. The highest BCUT2D eigenvalue weighted by Gasteiger charge is 2.38. The number of ether oxygens (including phenoxy) is 1. The lowest BCUT2D eigenvalue weighted by molar-refractivity contribution is -0.192. The zero-order chi connectivity index (χ0) is 24.9. The maximum atomic E-state index is 13.1. The van der Waals surface area contributed by atoms with Gasteiger partial charge in [0, 0.05) is 31.3 Å². The van der Waals surface area contributed by atoms with Gasteiger partial charge < -0.3 is 14.4 Å². The maximum absolute atomic E-state index is 13.1. The molecule has 182 valence electrons. The van der Waals surface area contributed by atoms with Crippen molar-refractivity contribution in [3.05, 3.63) is 71.6 Å². The molecule has 0 unspecified atom stereocenters. The number of aromatic nitrogens is 2. The molecule has 0 spiro atoms. The summed E-state index contributed by atoms with van der Waals surface area (Å²) in [6, 6.07) is 8.32. The quantitative estimate of drug-likeness (QED) is 0.527. The van der Waals surface area contributed by atoms with E-state index in [4.69, 9.17) is 19.2 Å². The number of benzene rings is 1. The van der Waals surface area contributed by atoms with Crippen molar-refractivity contribution >= 4 is 16.0 Å². The monoisotopic (exact) mass is 503 g/mol.